The summed E-state index contributed by atoms with van der Waals surface area (Å²) in [4.78, 5) is 21.8. The van der Waals surface area contributed by atoms with E-state index < -0.39 is 26.5 Å². The number of anilines is 1. The molecule has 0 bridgehead atoms. The quantitative estimate of drug-likeness (QED) is 0.455. The van der Waals surface area contributed by atoms with E-state index in [4.69, 9.17) is 5.14 Å². The third-order valence-electron chi connectivity index (χ3n) is 3.60. The van der Waals surface area contributed by atoms with Gasteiger partial charge in [0.1, 0.15) is 11.5 Å². The molecule has 0 aliphatic carbocycles. The normalized spacial score (nSPS) is 11.0. The number of primary sulfonamides is 1. The molecular formula is C16H17FN4O5S. The van der Waals surface area contributed by atoms with E-state index in [0.717, 1.165) is 12.1 Å². The van der Waals surface area contributed by atoms with Gasteiger partial charge in [0.15, 0.2) is 0 Å². The van der Waals surface area contributed by atoms with Crippen LogP contribution in [0, 0.1) is 15.9 Å². The smallest absolute Gasteiger partial charge is 0.293 e. The zero-order valence-electron chi connectivity index (χ0n) is 14.0. The first-order valence-corrected chi connectivity index (χ1v) is 9.28. The van der Waals surface area contributed by atoms with Crippen LogP contribution in [0.3, 0.4) is 0 Å². The number of benzene rings is 2. The van der Waals surface area contributed by atoms with Crippen LogP contribution in [0.1, 0.15) is 12.0 Å². The second-order valence-corrected chi connectivity index (χ2v) is 7.09. The number of hydrogen-bond donors (Lipinski definition) is 3. The number of sulfonamides is 1. The Balaban J connectivity index is 1.93. The lowest BCUT2D eigenvalue weighted by Gasteiger charge is -2.09. The number of nitrogens with one attached hydrogen (secondary N) is 2. The van der Waals surface area contributed by atoms with E-state index in [2.05, 4.69) is 10.6 Å². The van der Waals surface area contributed by atoms with E-state index in [1.165, 1.54) is 12.1 Å². The third kappa shape index (κ3) is 5.72. The van der Waals surface area contributed by atoms with Gasteiger partial charge in [-0.05, 0) is 18.2 Å². The summed E-state index contributed by atoms with van der Waals surface area (Å²) in [5.41, 5.74) is -0.0874. The number of rotatable bonds is 8. The molecule has 0 saturated carbocycles. The maximum atomic E-state index is 13.5. The van der Waals surface area contributed by atoms with Crippen molar-refractivity contribution in [2.75, 3.05) is 11.9 Å². The highest BCUT2D eigenvalue weighted by atomic mass is 32.2. The largest absolute Gasteiger partial charge is 0.379 e. The van der Waals surface area contributed by atoms with Gasteiger partial charge in [0.2, 0.25) is 15.9 Å². The number of carbonyl (C=O) groups excluding carboxylic acids is 1. The molecule has 11 heteroatoms. The number of nitro benzene ring substituents is 1. The van der Waals surface area contributed by atoms with Gasteiger partial charge in [-0.25, -0.2) is 17.9 Å². The van der Waals surface area contributed by atoms with Gasteiger partial charge in [-0.3, -0.25) is 14.9 Å². The zero-order valence-corrected chi connectivity index (χ0v) is 14.8. The topological polar surface area (TPSA) is 144 Å². The Morgan fingerprint density at radius 2 is 1.93 bits per heavy atom. The Hall–Kier alpha value is -3.05. The first-order valence-electron chi connectivity index (χ1n) is 7.73. The number of amides is 1. The summed E-state index contributed by atoms with van der Waals surface area (Å²) >= 11 is 0. The van der Waals surface area contributed by atoms with Crippen LogP contribution in [-0.2, 0) is 21.4 Å². The second kappa shape index (κ2) is 8.56. The number of hydrogen-bond acceptors (Lipinski definition) is 6. The summed E-state index contributed by atoms with van der Waals surface area (Å²) < 4.78 is 36.1. The van der Waals surface area contributed by atoms with Gasteiger partial charge in [-0.15, -0.1) is 0 Å². The molecule has 0 unspecified atom stereocenters. The number of nitrogens with zero attached hydrogens (tertiary/aromatic N) is 1. The van der Waals surface area contributed by atoms with Gasteiger partial charge in [-0.1, -0.05) is 18.2 Å². The monoisotopic (exact) mass is 396 g/mol. The van der Waals surface area contributed by atoms with Crippen molar-refractivity contribution >= 4 is 27.3 Å². The molecule has 2 aromatic carbocycles. The van der Waals surface area contributed by atoms with Crippen molar-refractivity contribution in [3.05, 3.63) is 64.0 Å². The van der Waals surface area contributed by atoms with Crippen molar-refractivity contribution in [3.8, 4) is 0 Å². The number of nitro groups is 1. The molecule has 0 radical (unpaired) electrons. The van der Waals surface area contributed by atoms with Crippen LogP contribution in [0.25, 0.3) is 0 Å². The van der Waals surface area contributed by atoms with E-state index >= 15 is 0 Å². The molecule has 0 spiro atoms. The van der Waals surface area contributed by atoms with E-state index in [1.54, 1.807) is 18.2 Å². The fourth-order valence-electron chi connectivity index (χ4n) is 2.22. The van der Waals surface area contributed by atoms with E-state index in [0.29, 0.717) is 5.56 Å². The number of nitrogens with two attached hydrogens (primary N) is 1. The minimum Gasteiger partial charge on any atom is -0.379 e. The summed E-state index contributed by atoms with van der Waals surface area (Å²) in [6.07, 6.45) is -0.0253. The molecule has 0 aliphatic heterocycles. The summed E-state index contributed by atoms with van der Waals surface area (Å²) in [5, 5.41) is 21.3. The maximum Gasteiger partial charge on any atom is 0.293 e. The molecule has 0 aromatic heterocycles. The van der Waals surface area contributed by atoms with Crippen LogP contribution in [0.4, 0.5) is 15.8 Å². The fraction of sp³-hybridized carbons (Fsp3) is 0.188. The molecule has 2 rings (SSSR count). The Morgan fingerprint density at radius 3 is 2.56 bits per heavy atom. The van der Waals surface area contributed by atoms with E-state index in [-0.39, 0.29) is 36.0 Å². The van der Waals surface area contributed by atoms with Gasteiger partial charge in [0, 0.05) is 31.1 Å². The van der Waals surface area contributed by atoms with Crippen LogP contribution in [0.15, 0.2) is 47.4 Å². The molecule has 0 fully saturated rings. The summed E-state index contributed by atoms with van der Waals surface area (Å²) in [6, 6.07) is 9.20. The van der Waals surface area contributed by atoms with Gasteiger partial charge in [0.05, 0.1) is 9.82 Å². The molecule has 0 heterocycles. The number of carbonyl (C=O) groups is 1. The third-order valence-corrected chi connectivity index (χ3v) is 4.51. The van der Waals surface area contributed by atoms with Crippen molar-refractivity contribution in [1.82, 2.24) is 5.32 Å². The lowest BCUT2D eigenvalue weighted by atomic mass is 10.2. The molecule has 0 atom stereocenters. The van der Waals surface area contributed by atoms with E-state index in [9.17, 15) is 27.7 Å². The molecule has 144 valence electrons. The van der Waals surface area contributed by atoms with Gasteiger partial charge < -0.3 is 10.6 Å². The summed E-state index contributed by atoms with van der Waals surface area (Å²) in [5.74, 6) is -0.809. The lowest BCUT2D eigenvalue weighted by molar-refractivity contribution is -0.384. The summed E-state index contributed by atoms with van der Waals surface area (Å²) in [7, 11) is -4.07. The summed E-state index contributed by atoms with van der Waals surface area (Å²) in [6.45, 7) is 0.0768. The average molecular weight is 396 g/mol. The first kappa shape index (κ1) is 20.3. The van der Waals surface area contributed by atoms with Crippen molar-refractivity contribution < 1.29 is 22.5 Å². The van der Waals surface area contributed by atoms with Crippen molar-refractivity contribution in [3.63, 3.8) is 0 Å². The molecule has 2 aromatic rings. The molecule has 9 nitrogen and oxygen atoms in total. The predicted octanol–water partition coefficient (Wildman–Crippen LogP) is 1.50. The van der Waals surface area contributed by atoms with Gasteiger partial charge in [-0.2, -0.15) is 0 Å². The van der Waals surface area contributed by atoms with Crippen molar-refractivity contribution in [1.29, 1.82) is 0 Å². The van der Waals surface area contributed by atoms with Gasteiger partial charge in [0.25, 0.3) is 5.69 Å². The minimum absolute atomic E-state index is 0.0225. The number of halogens is 1. The molecule has 0 saturated heterocycles. The van der Waals surface area contributed by atoms with Crippen LogP contribution in [-0.4, -0.2) is 25.8 Å². The highest BCUT2D eigenvalue weighted by molar-refractivity contribution is 7.89. The molecule has 4 N–H and O–H groups in total. The van der Waals surface area contributed by atoms with Crippen molar-refractivity contribution in [2.24, 2.45) is 5.14 Å². The molecule has 1 amide bonds. The Kier molecular flexibility index (Phi) is 6.42. The van der Waals surface area contributed by atoms with Crippen LogP contribution in [0.5, 0.6) is 0 Å². The Labute approximate surface area is 154 Å². The van der Waals surface area contributed by atoms with Crippen molar-refractivity contribution in [2.45, 2.75) is 17.9 Å². The zero-order chi connectivity index (χ0) is 20.0. The second-order valence-electron chi connectivity index (χ2n) is 5.53. The Morgan fingerprint density at radius 1 is 1.22 bits per heavy atom. The maximum absolute atomic E-state index is 13.5. The minimum atomic E-state index is -4.07. The van der Waals surface area contributed by atoms with Gasteiger partial charge >= 0.3 is 0 Å². The molecule has 27 heavy (non-hydrogen) atoms. The van der Waals surface area contributed by atoms with Crippen LogP contribution < -0.4 is 15.8 Å². The standard InChI is InChI=1S/C16H17FN4O5S/c17-13-4-2-1-3-11(13)10-20-16(22)7-8-19-14-6-5-12(27(18,25)26)9-15(14)21(23)24/h1-6,9,19H,7-8,10H2,(H,20,22)(H2,18,25,26). The lowest BCUT2D eigenvalue weighted by Crippen LogP contribution is -2.25. The SMILES string of the molecule is NS(=O)(=O)c1ccc(NCCC(=O)NCc2ccccc2F)c([N+](=O)[O-])c1. The molecule has 0 aliphatic rings. The highest BCUT2D eigenvalue weighted by Gasteiger charge is 2.19. The van der Waals surface area contributed by atoms with E-state index in [1.807, 2.05) is 0 Å². The van der Waals surface area contributed by atoms with Crippen LogP contribution >= 0.6 is 0 Å². The molecular weight excluding hydrogens is 379 g/mol. The van der Waals surface area contributed by atoms with Crippen LogP contribution in [0.2, 0.25) is 0 Å². The highest BCUT2D eigenvalue weighted by Crippen LogP contribution is 2.27. The predicted molar refractivity (Wildman–Crippen MR) is 95.8 cm³/mol. The fourth-order valence-corrected chi connectivity index (χ4v) is 2.76. The Bertz CT molecular complexity index is 965. The average Bonchev–Trinajstić information content (AvgIpc) is 2.60. The first-order chi connectivity index (χ1) is 12.7.